The van der Waals surface area contributed by atoms with Crippen molar-refractivity contribution in [2.45, 2.75) is 0 Å². The topological polar surface area (TPSA) is 78.0 Å². The van der Waals surface area contributed by atoms with Crippen molar-refractivity contribution in [3.05, 3.63) is 29.3 Å². The van der Waals surface area contributed by atoms with Crippen LogP contribution in [-0.4, -0.2) is 35.0 Å². The summed E-state index contributed by atoms with van der Waals surface area (Å²) in [5.74, 6) is 0.765. The van der Waals surface area contributed by atoms with Crippen LogP contribution in [0.25, 0.3) is 5.69 Å². The van der Waals surface area contributed by atoms with Gasteiger partial charge in [-0.1, -0.05) is 17.7 Å². The third-order valence-corrected chi connectivity index (χ3v) is 2.51. The maximum atomic E-state index is 5.92. The Morgan fingerprint density at radius 1 is 1.50 bits per heavy atom. The molecule has 96 valence electrons. The third-order valence-electron chi connectivity index (χ3n) is 2.27. The first kappa shape index (κ1) is 12.7. The first-order chi connectivity index (χ1) is 8.70. The number of anilines is 2. The van der Waals surface area contributed by atoms with E-state index in [4.69, 9.17) is 22.1 Å². The molecule has 0 saturated carbocycles. The lowest BCUT2D eigenvalue weighted by atomic mass is 10.3. The van der Waals surface area contributed by atoms with Crippen molar-refractivity contribution in [1.82, 2.24) is 14.8 Å². The molecule has 0 aliphatic carbocycles. The first-order valence-corrected chi connectivity index (χ1v) is 5.80. The standard InChI is InChI=1S/C11H14ClN5O/c1-18-6-5-14-11-15-10(13)17(16-11)9-4-2-3-8(12)7-9/h2-4,7H,5-6H2,1H3,(H3,13,14,15,16). The molecule has 0 atom stereocenters. The van der Waals surface area contributed by atoms with Gasteiger partial charge in [-0.05, 0) is 18.2 Å². The lowest BCUT2D eigenvalue weighted by molar-refractivity contribution is 0.210. The number of nitrogen functional groups attached to an aromatic ring is 1. The van der Waals surface area contributed by atoms with E-state index in [1.165, 1.54) is 4.68 Å². The van der Waals surface area contributed by atoms with Gasteiger partial charge in [-0.15, -0.1) is 5.10 Å². The summed E-state index contributed by atoms with van der Waals surface area (Å²) < 4.78 is 6.46. The molecular weight excluding hydrogens is 254 g/mol. The van der Waals surface area contributed by atoms with Gasteiger partial charge in [-0.3, -0.25) is 0 Å². The van der Waals surface area contributed by atoms with E-state index < -0.39 is 0 Å². The van der Waals surface area contributed by atoms with E-state index >= 15 is 0 Å². The van der Waals surface area contributed by atoms with Gasteiger partial charge in [0.2, 0.25) is 11.9 Å². The molecule has 1 aromatic carbocycles. The second kappa shape index (κ2) is 5.70. The van der Waals surface area contributed by atoms with Gasteiger partial charge >= 0.3 is 0 Å². The number of nitrogens with one attached hydrogen (secondary N) is 1. The van der Waals surface area contributed by atoms with Crippen LogP contribution in [0.1, 0.15) is 0 Å². The Hall–Kier alpha value is -1.79. The number of rotatable bonds is 5. The fourth-order valence-corrected chi connectivity index (χ4v) is 1.65. The van der Waals surface area contributed by atoms with Gasteiger partial charge < -0.3 is 15.8 Å². The number of benzene rings is 1. The van der Waals surface area contributed by atoms with E-state index in [1.807, 2.05) is 12.1 Å². The molecule has 0 unspecified atom stereocenters. The van der Waals surface area contributed by atoms with Gasteiger partial charge in [-0.2, -0.15) is 9.67 Å². The minimum absolute atomic E-state index is 0.303. The van der Waals surface area contributed by atoms with Crippen LogP contribution < -0.4 is 11.1 Å². The van der Waals surface area contributed by atoms with E-state index in [-0.39, 0.29) is 0 Å². The van der Waals surface area contributed by atoms with Gasteiger partial charge in [0.1, 0.15) is 0 Å². The number of nitrogens with zero attached hydrogens (tertiary/aromatic N) is 3. The molecule has 1 aromatic heterocycles. The van der Waals surface area contributed by atoms with E-state index in [9.17, 15) is 0 Å². The maximum Gasteiger partial charge on any atom is 0.244 e. The molecule has 7 heteroatoms. The highest BCUT2D eigenvalue weighted by molar-refractivity contribution is 6.30. The summed E-state index contributed by atoms with van der Waals surface area (Å²) >= 11 is 5.92. The molecule has 0 aliphatic rings. The summed E-state index contributed by atoms with van der Waals surface area (Å²) in [5.41, 5.74) is 6.57. The van der Waals surface area contributed by atoms with Gasteiger partial charge in [-0.25, -0.2) is 0 Å². The molecule has 3 N–H and O–H groups in total. The van der Waals surface area contributed by atoms with Crippen molar-refractivity contribution in [1.29, 1.82) is 0 Å². The normalized spacial score (nSPS) is 10.6. The number of hydrogen-bond donors (Lipinski definition) is 2. The summed E-state index contributed by atoms with van der Waals surface area (Å²) in [7, 11) is 1.63. The van der Waals surface area contributed by atoms with E-state index in [1.54, 1.807) is 19.2 Å². The number of methoxy groups -OCH3 is 1. The van der Waals surface area contributed by atoms with Crippen molar-refractivity contribution >= 4 is 23.5 Å². The van der Waals surface area contributed by atoms with Crippen molar-refractivity contribution < 1.29 is 4.74 Å². The zero-order valence-corrected chi connectivity index (χ0v) is 10.7. The average Bonchev–Trinajstić information content (AvgIpc) is 2.71. The highest BCUT2D eigenvalue weighted by Gasteiger charge is 2.08. The molecule has 18 heavy (non-hydrogen) atoms. The lowest BCUT2D eigenvalue weighted by Crippen LogP contribution is -2.09. The van der Waals surface area contributed by atoms with Crippen LogP contribution in [0.4, 0.5) is 11.9 Å². The summed E-state index contributed by atoms with van der Waals surface area (Å²) in [4.78, 5) is 4.11. The molecular formula is C11H14ClN5O. The van der Waals surface area contributed by atoms with Gasteiger partial charge in [0.25, 0.3) is 0 Å². The molecule has 2 aromatic rings. The third kappa shape index (κ3) is 2.91. The van der Waals surface area contributed by atoms with Crippen molar-refractivity contribution in [3.63, 3.8) is 0 Å². The minimum Gasteiger partial charge on any atom is -0.383 e. The number of nitrogens with two attached hydrogens (primary N) is 1. The second-order valence-electron chi connectivity index (χ2n) is 3.60. The van der Waals surface area contributed by atoms with Crippen LogP contribution >= 0.6 is 11.6 Å². The Kier molecular flexibility index (Phi) is 4.01. The molecule has 6 nitrogen and oxygen atoms in total. The molecule has 0 aliphatic heterocycles. The molecule has 0 radical (unpaired) electrons. The van der Waals surface area contributed by atoms with E-state index in [0.717, 1.165) is 5.69 Å². The van der Waals surface area contributed by atoms with Crippen LogP contribution in [-0.2, 0) is 4.74 Å². The van der Waals surface area contributed by atoms with Crippen molar-refractivity contribution in [2.24, 2.45) is 0 Å². The molecule has 0 fully saturated rings. The number of hydrogen-bond acceptors (Lipinski definition) is 5. The van der Waals surface area contributed by atoms with Crippen LogP contribution in [0, 0.1) is 0 Å². The average molecular weight is 268 g/mol. The van der Waals surface area contributed by atoms with Crippen molar-refractivity contribution in [2.75, 3.05) is 31.3 Å². The minimum atomic E-state index is 0.303. The summed E-state index contributed by atoms with van der Waals surface area (Å²) in [5, 5.41) is 7.88. The second-order valence-corrected chi connectivity index (χ2v) is 4.04. The van der Waals surface area contributed by atoms with Gasteiger partial charge in [0.05, 0.1) is 12.3 Å². The van der Waals surface area contributed by atoms with Crippen LogP contribution in [0.2, 0.25) is 5.02 Å². The SMILES string of the molecule is COCCNc1nc(N)n(-c2cccc(Cl)c2)n1. The summed E-state index contributed by atoms with van der Waals surface area (Å²) in [6.07, 6.45) is 0. The number of halogens is 1. The summed E-state index contributed by atoms with van der Waals surface area (Å²) in [6.45, 7) is 1.20. The molecule has 2 rings (SSSR count). The highest BCUT2D eigenvalue weighted by atomic mass is 35.5. The van der Waals surface area contributed by atoms with Crippen LogP contribution in [0.15, 0.2) is 24.3 Å². The predicted molar refractivity (Wildman–Crippen MR) is 71.1 cm³/mol. The predicted octanol–water partition coefficient (Wildman–Crippen LogP) is 1.56. The molecule has 0 saturated heterocycles. The Morgan fingerprint density at radius 2 is 2.33 bits per heavy atom. The highest BCUT2D eigenvalue weighted by Crippen LogP contribution is 2.17. The zero-order chi connectivity index (χ0) is 13.0. The quantitative estimate of drug-likeness (QED) is 0.804. The Morgan fingerprint density at radius 3 is 3.06 bits per heavy atom. The number of ether oxygens (including phenoxy) is 1. The fraction of sp³-hybridized carbons (Fsp3) is 0.273. The zero-order valence-electron chi connectivity index (χ0n) is 9.93. The maximum absolute atomic E-state index is 5.92. The molecule has 0 spiro atoms. The first-order valence-electron chi connectivity index (χ1n) is 5.42. The van der Waals surface area contributed by atoms with E-state index in [2.05, 4.69) is 15.4 Å². The van der Waals surface area contributed by atoms with Crippen LogP contribution in [0.5, 0.6) is 0 Å². The summed E-state index contributed by atoms with van der Waals surface area (Å²) in [6, 6.07) is 7.24. The monoisotopic (exact) mass is 267 g/mol. The lowest BCUT2D eigenvalue weighted by Gasteiger charge is -2.02. The molecule has 1 heterocycles. The van der Waals surface area contributed by atoms with E-state index in [0.29, 0.717) is 30.1 Å². The van der Waals surface area contributed by atoms with Crippen LogP contribution in [0.3, 0.4) is 0 Å². The molecule has 0 amide bonds. The Labute approximate surface area is 110 Å². The van der Waals surface area contributed by atoms with Gasteiger partial charge in [0.15, 0.2) is 0 Å². The Bertz CT molecular complexity index is 528. The van der Waals surface area contributed by atoms with Gasteiger partial charge in [0, 0.05) is 18.7 Å². The number of aromatic nitrogens is 3. The molecule has 0 bridgehead atoms. The fourth-order valence-electron chi connectivity index (χ4n) is 1.46. The largest absolute Gasteiger partial charge is 0.383 e. The van der Waals surface area contributed by atoms with Crippen molar-refractivity contribution in [3.8, 4) is 5.69 Å². The Balaban J connectivity index is 2.18. The smallest absolute Gasteiger partial charge is 0.244 e.